The number of carbonyl (C=O) groups is 1. The zero-order chi connectivity index (χ0) is 14.2. The number of carbonyl (C=O) groups excluding carboxylic acids is 1. The molecule has 110 valence electrons. The Balaban J connectivity index is 1.68. The minimum Gasteiger partial charge on any atom is -0.346 e. The van der Waals surface area contributed by atoms with Crippen LogP contribution in [0.3, 0.4) is 0 Å². The molecule has 2 N–H and O–H groups in total. The number of nitrogens with one attached hydrogen (secondary N) is 2. The Morgan fingerprint density at radius 2 is 2.10 bits per heavy atom. The molecule has 2 aromatic heterocycles. The number of hydrogen-bond acceptors (Lipinski definition) is 3. The zero-order valence-electron chi connectivity index (χ0n) is 12.1. The lowest BCUT2D eigenvalue weighted by atomic mass is 9.90. The number of amides is 1. The monoisotopic (exact) mass is 284 g/mol. The third kappa shape index (κ3) is 2.21. The van der Waals surface area contributed by atoms with Crippen LogP contribution in [0.2, 0.25) is 0 Å². The Kier molecular flexibility index (Phi) is 3.15. The molecule has 2 aromatic rings. The molecule has 0 spiro atoms. The van der Waals surface area contributed by atoms with Gasteiger partial charge in [0.1, 0.15) is 11.5 Å². The fourth-order valence-electron chi connectivity index (χ4n) is 3.53. The highest BCUT2D eigenvalue weighted by Gasteiger charge is 2.24. The van der Waals surface area contributed by atoms with Crippen molar-refractivity contribution in [1.82, 2.24) is 15.3 Å². The maximum Gasteiger partial charge on any atom is 0.228 e. The summed E-state index contributed by atoms with van der Waals surface area (Å²) in [6, 6.07) is 4.11. The fourth-order valence-corrected chi connectivity index (χ4v) is 3.53. The second-order valence-corrected chi connectivity index (χ2v) is 5.98. The van der Waals surface area contributed by atoms with Gasteiger partial charge in [-0.15, -0.1) is 0 Å². The highest BCUT2D eigenvalue weighted by atomic mass is 16.2. The summed E-state index contributed by atoms with van der Waals surface area (Å²) in [7, 11) is 0. The van der Waals surface area contributed by atoms with E-state index in [-0.39, 0.29) is 5.91 Å². The van der Waals surface area contributed by atoms with Crippen LogP contribution in [-0.4, -0.2) is 35.5 Å². The number of nitrogens with zero attached hydrogens (tertiary/aromatic N) is 2. The summed E-state index contributed by atoms with van der Waals surface area (Å²) < 4.78 is 0. The average Bonchev–Trinajstić information content (AvgIpc) is 3.13. The van der Waals surface area contributed by atoms with Crippen LogP contribution in [0.15, 0.2) is 18.3 Å². The molecule has 2 fully saturated rings. The predicted octanol–water partition coefficient (Wildman–Crippen LogP) is 2.16. The van der Waals surface area contributed by atoms with Gasteiger partial charge in [0, 0.05) is 24.5 Å². The van der Waals surface area contributed by atoms with Crippen molar-refractivity contribution < 1.29 is 4.79 Å². The smallest absolute Gasteiger partial charge is 0.228 e. The molecule has 0 radical (unpaired) electrons. The third-order valence-corrected chi connectivity index (χ3v) is 4.68. The topological polar surface area (TPSA) is 61.0 Å². The molecule has 2 aliphatic heterocycles. The maximum absolute atomic E-state index is 11.8. The van der Waals surface area contributed by atoms with Gasteiger partial charge < -0.3 is 10.3 Å². The van der Waals surface area contributed by atoms with Crippen molar-refractivity contribution in [3.8, 4) is 0 Å². The van der Waals surface area contributed by atoms with Gasteiger partial charge in [0.05, 0.1) is 0 Å². The van der Waals surface area contributed by atoms with Crippen molar-refractivity contribution in [3.05, 3.63) is 23.9 Å². The Bertz CT molecular complexity index is 672. The van der Waals surface area contributed by atoms with Gasteiger partial charge in [0.25, 0.3) is 0 Å². The van der Waals surface area contributed by atoms with E-state index >= 15 is 0 Å². The molecule has 21 heavy (non-hydrogen) atoms. The fraction of sp³-hybridized carbons (Fsp3) is 0.500. The van der Waals surface area contributed by atoms with E-state index in [9.17, 15) is 4.79 Å². The summed E-state index contributed by atoms with van der Waals surface area (Å²) in [6.45, 7) is 2.97. The van der Waals surface area contributed by atoms with Crippen LogP contribution in [-0.2, 0) is 4.79 Å². The van der Waals surface area contributed by atoms with Crippen LogP contribution >= 0.6 is 0 Å². The Morgan fingerprint density at radius 3 is 2.86 bits per heavy atom. The van der Waals surface area contributed by atoms with E-state index in [1.165, 1.54) is 23.8 Å². The summed E-state index contributed by atoms with van der Waals surface area (Å²) in [5, 5.41) is 4.61. The first kappa shape index (κ1) is 12.8. The number of H-pyrrole nitrogens is 1. The van der Waals surface area contributed by atoms with Crippen molar-refractivity contribution in [2.75, 3.05) is 24.5 Å². The molecule has 1 amide bonds. The molecule has 0 atom stereocenters. The van der Waals surface area contributed by atoms with Crippen LogP contribution in [0.5, 0.6) is 0 Å². The highest BCUT2D eigenvalue weighted by Crippen LogP contribution is 2.32. The lowest BCUT2D eigenvalue weighted by Crippen LogP contribution is -2.26. The number of rotatable bonds is 2. The summed E-state index contributed by atoms with van der Waals surface area (Å²) >= 11 is 0. The van der Waals surface area contributed by atoms with Crippen LogP contribution in [0, 0.1) is 0 Å². The van der Waals surface area contributed by atoms with Crippen LogP contribution < -0.4 is 10.2 Å². The summed E-state index contributed by atoms with van der Waals surface area (Å²) in [6.07, 6.45) is 6.04. The van der Waals surface area contributed by atoms with Crippen molar-refractivity contribution in [2.45, 2.75) is 31.6 Å². The molecule has 0 saturated carbocycles. The number of piperidine rings is 1. The average molecular weight is 284 g/mol. The number of hydrogen-bond donors (Lipinski definition) is 2. The number of fused-ring (bicyclic) bond motifs is 1. The van der Waals surface area contributed by atoms with Crippen molar-refractivity contribution in [3.63, 3.8) is 0 Å². The first-order valence-electron chi connectivity index (χ1n) is 7.82. The SMILES string of the molecule is O=C1CCCN1c1ccc2c(C3CCNCC3)c[nH]c2n1. The minimum absolute atomic E-state index is 0.187. The Morgan fingerprint density at radius 1 is 1.24 bits per heavy atom. The first-order chi connectivity index (χ1) is 10.3. The van der Waals surface area contributed by atoms with E-state index in [0.29, 0.717) is 12.3 Å². The van der Waals surface area contributed by atoms with Gasteiger partial charge in [0.2, 0.25) is 5.91 Å². The molecule has 0 unspecified atom stereocenters. The second-order valence-electron chi connectivity index (χ2n) is 5.98. The quantitative estimate of drug-likeness (QED) is 0.888. The molecule has 0 aliphatic carbocycles. The Labute approximate surface area is 123 Å². The van der Waals surface area contributed by atoms with Gasteiger partial charge in [0.15, 0.2) is 0 Å². The maximum atomic E-state index is 11.8. The molecule has 5 nitrogen and oxygen atoms in total. The largest absolute Gasteiger partial charge is 0.346 e. The van der Waals surface area contributed by atoms with Gasteiger partial charge in [-0.1, -0.05) is 0 Å². The van der Waals surface area contributed by atoms with Gasteiger partial charge in [-0.3, -0.25) is 9.69 Å². The van der Waals surface area contributed by atoms with Gasteiger partial charge in [-0.2, -0.15) is 0 Å². The van der Waals surface area contributed by atoms with Crippen LogP contribution in [0.1, 0.15) is 37.2 Å². The molecule has 4 heterocycles. The van der Waals surface area contributed by atoms with E-state index in [1.807, 2.05) is 6.07 Å². The zero-order valence-corrected chi connectivity index (χ0v) is 12.1. The standard InChI is InChI=1S/C16H20N4O/c21-15-2-1-9-20(15)14-4-3-12-13(10-18-16(12)19-14)11-5-7-17-8-6-11/h3-4,10-11,17H,1-2,5-9H2,(H,18,19). The third-order valence-electron chi connectivity index (χ3n) is 4.68. The summed E-state index contributed by atoms with van der Waals surface area (Å²) in [5.74, 6) is 1.58. The molecule has 2 saturated heterocycles. The lowest BCUT2D eigenvalue weighted by Gasteiger charge is -2.22. The van der Waals surface area contributed by atoms with Crippen LogP contribution in [0.4, 0.5) is 5.82 Å². The number of pyridine rings is 1. The Hall–Kier alpha value is -1.88. The number of aromatic nitrogens is 2. The molecular formula is C16H20N4O. The predicted molar refractivity (Wildman–Crippen MR) is 82.5 cm³/mol. The normalized spacial score (nSPS) is 20.6. The molecule has 4 rings (SSSR count). The van der Waals surface area contributed by atoms with Crippen molar-refractivity contribution >= 4 is 22.8 Å². The second kappa shape index (κ2) is 5.15. The molecular weight excluding hydrogens is 264 g/mol. The van der Waals surface area contributed by atoms with E-state index in [2.05, 4.69) is 27.5 Å². The van der Waals surface area contributed by atoms with E-state index in [4.69, 9.17) is 0 Å². The van der Waals surface area contributed by atoms with E-state index < -0.39 is 0 Å². The van der Waals surface area contributed by atoms with Gasteiger partial charge in [-0.05, 0) is 56.0 Å². The molecule has 2 aliphatic rings. The van der Waals surface area contributed by atoms with Crippen LogP contribution in [0.25, 0.3) is 11.0 Å². The summed E-state index contributed by atoms with van der Waals surface area (Å²) in [5.41, 5.74) is 2.28. The molecule has 0 bridgehead atoms. The van der Waals surface area contributed by atoms with Gasteiger partial charge >= 0.3 is 0 Å². The minimum atomic E-state index is 0.187. The van der Waals surface area contributed by atoms with Gasteiger partial charge in [-0.25, -0.2) is 4.98 Å². The first-order valence-corrected chi connectivity index (χ1v) is 7.82. The lowest BCUT2D eigenvalue weighted by molar-refractivity contribution is -0.117. The van der Waals surface area contributed by atoms with E-state index in [1.54, 1.807) is 4.90 Å². The number of anilines is 1. The van der Waals surface area contributed by atoms with E-state index in [0.717, 1.165) is 37.5 Å². The van der Waals surface area contributed by atoms with Crippen molar-refractivity contribution in [2.24, 2.45) is 0 Å². The summed E-state index contributed by atoms with van der Waals surface area (Å²) in [4.78, 5) is 21.6. The highest BCUT2D eigenvalue weighted by molar-refractivity contribution is 5.95. The van der Waals surface area contributed by atoms with Crippen molar-refractivity contribution in [1.29, 1.82) is 0 Å². The molecule has 0 aromatic carbocycles. The number of aromatic amines is 1. The molecule has 5 heteroatoms.